The van der Waals surface area contributed by atoms with Gasteiger partial charge in [0.2, 0.25) is 0 Å². The number of anilines is 1. The largest absolute Gasteiger partial charge is 0.378 e. The summed E-state index contributed by atoms with van der Waals surface area (Å²) in [5.74, 6) is 0.875. The van der Waals surface area contributed by atoms with E-state index in [-0.39, 0.29) is 11.8 Å². The van der Waals surface area contributed by atoms with Crippen molar-refractivity contribution in [3.63, 3.8) is 0 Å². The Hall–Kier alpha value is -1.80. The molecule has 0 aliphatic carbocycles. The summed E-state index contributed by atoms with van der Waals surface area (Å²) in [5, 5.41) is 6.49. The van der Waals surface area contributed by atoms with Crippen LogP contribution >= 0.6 is 0 Å². The van der Waals surface area contributed by atoms with Crippen molar-refractivity contribution in [1.82, 2.24) is 10.6 Å². The summed E-state index contributed by atoms with van der Waals surface area (Å²) in [5.41, 5.74) is 2.35. The maximum absolute atomic E-state index is 11.3. The normalized spacial score (nSPS) is 16.9. The predicted octanol–water partition coefficient (Wildman–Crippen LogP) is 1.40. The third-order valence-electron chi connectivity index (χ3n) is 4.38. The summed E-state index contributed by atoms with van der Waals surface area (Å²) >= 11 is 0. The highest BCUT2D eigenvalue weighted by atomic mass is 32.2. The molecule has 1 saturated heterocycles. The van der Waals surface area contributed by atoms with E-state index in [9.17, 15) is 8.42 Å². The Balaban J connectivity index is 1.91. The Labute approximate surface area is 163 Å². The first kappa shape index (κ1) is 21.5. The molecule has 1 aromatic rings. The van der Waals surface area contributed by atoms with E-state index in [0.717, 1.165) is 38.4 Å². The van der Waals surface area contributed by atoms with Gasteiger partial charge in [0.1, 0.15) is 9.84 Å². The highest BCUT2D eigenvalue weighted by molar-refractivity contribution is 7.90. The number of guanidine groups is 1. The van der Waals surface area contributed by atoms with Crippen LogP contribution in [0.1, 0.15) is 25.8 Å². The van der Waals surface area contributed by atoms with Gasteiger partial charge in [0.05, 0.1) is 25.5 Å². The fraction of sp³-hybridized carbons (Fsp3) is 0.632. The first-order valence-electron chi connectivity index (χ1n) is 9.51. The summed E-state index contributed by atoms with van der Waals surface area (Å²) in [6, 6.07) is 8.49. The van der Waals surface area contributed by atoms with Crippen LogP contribution in [0.5, 0.6) is 0 Å². The molecular formula is C19H32N4O3S. The van der Waals surface area contributed by atoms with E-state index in [1.165, 1.54) is 11.9 Å². The number of ether oxygens (including phenoxy) is 1. The van der Waals surface area contributed by atoms with Gasteiger partial charge in [0, 0.05) is 37.6 Å². The van der Waals surface area contributed by atoms with Crippen molar-refractivity contribution >= 4 is 21.5 Å². The van der Waals surface area contributed by atoms with Gasteiger partial charge in [0.25, 0.3) is 0 Å². The lowest BCUT2D eigenvalue weighted by Crippen LogP contribution is -2.42. The fourth-order valence-electron chi connectivity index (χ4n) is 2.82. The van der Waals surface area contributed by atoms with Gasteiger partial charge in [-0.1, -0.05) is 12.1 Å². The number of nitrogens with one attached hydrogen (secondary N) is 2. The van der Waals surface area contributed by atoms with Gasteiger partial charge in [-0.05, 0) is 38.0 Å². The van der Waals surface area contributed by atoms with Crippen molar-refractivity contribution in [1.29, 1.82) is 0 Å². The van der Waals surface area contributed by atoms with Gasteiger partial charge in [-0.15, -0.1) is 0 Å². The maximum Gasteiger partial charge on any atom is 0.191 e. The summed E-state index contributed by atoms with van der Waals surface area (Å²) in [6.07, 6.45) is 1.82. The lowest BCUT2D eigenvalue weighted by atomic mass is 10.2. The van der Waals surface area contributed by atoms with Gasteiger partial charge in [0.15, 0.2) is 5.96 Å². The molecule has 2 N–H and O–H groups in total. The van der Waals surface area contributed by atoms with Crippen LogP contribution in [0, 0.1) is 0 Å². The van der Waals surface area contributed by atoms with Crippen LogP contribution in [0.25, 0.3) is 0 Å². The van der Waals surface area contributed by atoms with Crippen molar-refractivity contribution in [3.8, 4) is 0 Å². The van der Waals surface area contributed by atoms with Crippen LogP contribution in [0.15, 0.2) is 29.3 Å². The molecule has 27 heavy (non-hydrogen) atoms. The van der Waals surface area contributed by atoms with Crippen molar-refractivity contribution < 1.29 is 13.2 Å². The molecule has 0 spiro atoms. The first-order valence-corrected chi connectivity index (χ1v) is 11.6. The SMILES string of the molecule is CCNC(=NCc1ccc(N2CCOCC2)cc1)NC(C)CCS(C)(=O)=O. The van der Waals surface area contributed by atoms with Crippen LogP contribution in [-0.4, -0.2) is 65.3 Å². The Kier molecular flexibility index (Phi) is 8.37. The maximum atomic E-state index is 11.3. The minimum Gasteiger partial charge on any atom is -0.378 e. The van der Waals surface area contributed by atoms with Crippen molar-refractivity contribution in [2.45, 2.75) is 32.9 Å². The van der Waals surface area contributed by atoms with Gasteiger partial charge in [-0.3, -0.25) is 0 Å². The second-order valence-corrected chi connectivity index (χ2v) is 9.18. The Bertz CT molecular complexity index is 698. The lowest BCUT2D eigenvalue weighted by Gasteiger charge is -2.28. The van der Waals surface area contributed by atoms with Crippen LogP contribution in [0.3, 0.4) is 0 Å². The molecule has 0 aromatic heterocycles. The molecule has 0 saturated carbocycles. The summed E-state index contributed by atoms with van der Waals surface area (Å²) in [4.78, 5) is 6.95. The quantitative estimate of drug-likeness (QED) is 0.511. The van der Waals surface area contributed by atoms with Crippen molar-refractivity contribution in [2.24, 2.45) is 4.99 Å². The third-order valence-corrected chi connectivity index (χ3v) is 5.36. The molecule has 7 nitrogen and oxygen atoms in total. The molecule has 1 aromatic carbocycles. The van der Waals surface area contributed by atoms with Crippen LogP contribution in [-0.2, 0) is 21.1 Å². The van der Waals surface area contributed by atoms with Gasteiger partial charge in [-0.25, -0.2) is 13.4 Å². The van der Waals surface area contributed by atoms with E-state index in [1.54, 1.807) is 0 Å². The van der Waals surface area contributed by atoms with Crippen molar-refractivity contribution in [2.75, 3.05) is 49.8 Å². The zero-order valence-electron chi connectivity index (χ0n) is 16.6. The molecule has 2 rings (SSSR count). The number of rotatable bonds is 8. The summed E-state index contributed by atoms with van der Waals surface area (Å²) < 4.78 is 28.0. The Morgan fingerprint density at radius 1 is 1.26 bits per heavy atom. The number of hydrogen-bond donors (Lipinski definition) is 2. The zero-order chi connectivity index (χ0) is 19.7. The number of benzene rings is 1. The van der Waals surface area contributed by atoms with E-state index >= 15 is 0 Å². The topological polar surface area (TPSA) is 83.0 Å². The average molecular weight is 397 g/mol. The van der Waals surface area contributed by atoms with E-state index in [0.29, 0.717) is 18.9 Å². The molecule has 1 heterocycles. The second kappa shape index (κ2) is 10.5. The molecule has 1 unspecified atom stereocenters. The molecule has 1 atom stereocenters. The van der Waals surface area contributed by atoms with Crippen LogP contribution in [0.2, 0.25) is 0 Å². The van der Waals surface area contributed by atoms with Crippen LogP contribution in [0.4, 0.5) is 5.69 Å². The molecule has 1 fully saturated rings. The molecule has 152 valence electrons. The highest BCUT2D eigenvalue weighted by Crippen LogP contribution is 2.17. The minimum atomic E-state index is -2.95. The van der Waals surface area contributed by atoms with Crippen LogP contribution < -0.4 is 15.5 Å². The van der Waals surface area contributed by atoms with E-state index in [4.69, 9.17) is 4.74 Å². The number of morpholine rings is 1. The predicted molar refractivity (Wildman–Crippen MR) is 111 cm³/mol. The summed E-state index contributed by atoms with van der Waals surface area (Å²) in [7, 11) is -2.95. The van der Waals surface area contributed by atoms with Gasteiger partial charge in [-0.2, -0.15) is 0 Å². The van der Waals surface area contributed by atoms with Gasteiger partial charge >= 0.3 is 0 Å². The number of nitrogens with zero attached hydrogens (tertiary/aromatic N) is 2. The van der Waals surface area contributed by atoms with E-state index in [1.807, 2.05) is 13.8 Å². The summed E-state index contributed by atoms with van der Waals surface area (Å²) in [6.45, 7) is 8.71. The molecule has 0 amide bonds. The van der Waals surface area contributed by atoms with E-state index in [2.05, 4.69) is 44.8 Å². The van der Waals surface area contributed by atoms with E-state index < -0.39 is 9.84 Å². The zero-order valence-corrected chi connectivity index (χ0v) is 17.4. The van der Waals surface area contributed by atoms with Gasteiger partial charge < -0.3 is 20.3 Å². The Morgan fingerprint density at radius 2 is 1.93 bits per heavy atom. The highest BCUT2D eigenvalue weighted by Gasteiger charge is 2.11. The lowest BCUT2D eigenvalue weighted by molar-refractivity contribution is 0.122. The monoisotopic (exact) mass is 396 g/mol. The molecule has 8 heteroatoms. The molecule has 0 radical (unpaired) electrons. The minimum absolute atomic E-state index is 0.0289. The number of sulfone groups is 1. The smallest absolute Gasteiger partial charge is 0.191 e. The third kappa shape index (κ3) is 8.17. The Morgan fingerprint density at radius 3 is 2.52 bits per heavy atom. The molecule has 1 aliphatic rings. The standard InChI is InChI=1S/C19H32N4O3S/c1-4-20-19(22-16(2)9-14-27(3,24)25)21-15-17-5-7-18(8-6-17)23-10-12-26-13-11-23/h5-8,16H,4,9-15H2,1-3H3,(H2,20,21,22). The number of aliphatic imine (C=N–C) groups is 1. The second-order valence-electron chi connectivity index (χ2n) is 6.92. The molecule has 1 aliphatic heterocycles. The average Bonchev–Trinajstić information content (AvgIpc) is 2.65. The molecular weight excluding hydrogens is 364 g/mol. The number of hydrogen-bond acceptors (Lipinski definition) is 5. The molecule has 0 bridgehead atoms. The fourth-order valence-corrected chi connectivity index (χ4v) is 3.60. The van der Waals surface area contributed by atoms with Crippen molar-refractivity contribution in [3.05, 3.63) is 29.8 Å². The first-order chi connectivity index (χ1) is 12.9.